The molecule has 4 nitrogen and oxygen atoms in total. The van der Waals surface area contributed by atoms with E-state index in [1.165, 1.54) is 5.56 Å². The number of hydrogen-bond acceptors (Lipinski definition) is 4. The van der Waals surface area contributed by atoms with Crippen molar-refractivity contribution in [1.29, 1.82) is 0 Å². The Morgan fingerprint density at radius 3 is 2.94 bits per heavy atom. The highest BCUT2D eigenvalue weighted by molar-refractivity contribution is 5.36. The number of rotatable bonds is 4. The maximum absolute atomic E-state index is 5.52. The molecule has 2 atom stereocenters. The van der Waals surface area contributed by atoms with Crippen molar-refractivity contribution >= 4 is 0 Å². The Morgan fingerprint density at radius 2 is 2.29 bits per heavy atom. The van der Waals surface area contributed by atoms with Gasteiger partial charge in [0.15, 0.2) is 0 Å². The second-order valence-corrected chi connectivity index (χ2v) is 4.14. The Labute approximate surface area is 102 Å². The Bertz CT molecular complexity index is 351. The lowest BCUT2D eigenvalue weighted by Crippen LogP contribution is -2.48. The molecule has 0 spiro atoms. The summed E-state index contributed by atoms with van der Waals surface area (Å²) >= 11 is 0. The maximum atomic E-state index is 5.52. The summed E-state index contributed by atoms with van der Waals surface area (Å²) in [6.07, 6.45) is 0. The molecular weight excluding hydrogens is 216 g/mol. The van der Waals surface area contributed by atoms with E-state index in [2.05, 4.69) is 16.7 Å². The molecule has 1 saturated heterocycles. The van der Waals surface area contributed by atoms with Crippen molar-refractivity contribution in [2.24, 2.45) is 0 Å². The summed E-state index contributed by atoms with van der Waals surface area (Å²) in [5, 5.41) is 6.82. The quantitative estimate of drug-likeness (QED) is 0.816. The van der Waals surface area contributed by atoms with Crippen molar-refractivity contribution in [2.75, 3.05) is 33.9 Å². The van der Waals surface area contributed by atoms with Crippen molar-refractivity contribution < 1.29 is 9.47 Å². The van der Waals surface area contributed by atoms with E-state index in [-0.39, 0.29) is 12.1 Å². The van der Waals surface area contributed by atoms with Gasteiger partial charge in [0.05, 0.1) is 32.4 Å². The first kappa shape index (κ1) is 12.4. The molecule has 0 amide bonds. The molecule has 2 unspecified atom stereocenters. The number of morpholine rings is 1. The molecule has 17 heavy (non-hydrogen) atoms. The third kappa shape index (κ3) is 2.77. The molecule has 2 rings (SSSR count). The summed E-state index contributed by atoms with van der Waals surface area (Å²) in [5.41, 5.74) is 1.17. The smallest absolute Gasteiger partial charge is 0.123 e. The van der Waals surface area contributed by atoms with Crippen LogP contribution in [0.2, 0.25) is 0 Å². The van der Waals surface area contributed by atoms with Gasteiger partial charge in [0, 0.05) is 12.1 Å². The zero-order valence-electron chi connectivity index (χ0n) is 10.4. The summed E-state index contributed by atoms with van der Waals surface area (Å²) in [6, 6.07) is 8.59. The minimum Gasteiger partial charge on any atom is -0.496 e. The van der Waals surface area contributed by atoms with Crippen LogP contribution in [0.1, 0.15) is 11.6 Å². The Kier molecular flexibility index (Phi) is 4.36. The summed E-state index contributed by atoms with van der Waals surface area (Å²) in [4.78, 5) is 0. The first-order valence-corrected chi connectivity index (χ1v) is 5.98. The molecule has 0 radical (unpaired) electrons. The lowest BCUT2D eigenvalue weighted by molar-refractivity contribution is 0.0642. The van der Waals surface area contributed by atoms with Crippen molar-refractivity contribution in [2.45, 2.75) is 12.1 Å². The van der Waals surface area contributed by atoms with Crippen LogP contribution in [-0.2, 0) is 4.74 Å². The fourth-order valence-electron chi connectivity index (χ4n) is 2.30. The van der Waals surface area contributed by atoms with Gasteiger partial charge in [-0.2, -0.15) is 0 Å². The Morgan fingerprint density at radius 1 is 1.47 bits per heavy atom. The Hall–Kier alpha value is -1.10. The van der Waals surface area contributed by atoms with Crippen molar-refractivity contribution in [3.8, 4) is 5.75 Å². The van der Waals surface area contributed by atoms with Gasteiger partial charge in [-0.15, -0.1) is 0 Å². The summed E-state index contributed by atoms with van der Waals surface area (Å²) in [5.74, 6) is 0.916. The van der Waals surface area contributed by atoms with Crippen LogP contribution in [0.4, 0.5) is 0 Å². The van der Waals surface area contributed by atoms with E-state index in [1.807, 2.05) is 25.2 Å². The SMILES string of the molecule is CNC(c1ccccc1OC)C1COCCN1. The number of likely N-dealkylation sites (N-methyl/N-ethyl adjacent to an activating group) is 1. The van der Waals surface area contributed by atoms with Crippen molar-refractivity contribution in [3.05, 3.63) is 29.8 Å². The van der Waals surface area contributed by atoms with Crippen LogP contribution in [0.3, 0.4) is 0 Å². The first-order valence-electron chi connectivity index (χ1n) is 5.98. The van der Waals surface area contributed by atoms with Gasteiger partial charge >= 0.3 is 0 Å². The molecular formula is C13H20N2O2. The van der Waals surface area contributed by atoms with Gasteiger partial charge in [-0.3, -0.25) is 0 Å². The summed E-state index contributed by atoms with van der Waals surface area (Å²) in [7, 11) is 3.67. The number of nitrogens with one attached hydrogen (secondary N) is 2. The second kappa shape index (κ2) is 6.00. The molecule has 1 aromatic rings. The number of benzene rings is 1. The monoisotopic (exact) mass is 236 g/mol. The molecule has 0 bridgehead atoms. The van der Waals surface area contributed by atoms with E-state index in [0.717, 1.165) is 25.5 Å². The lowest BCUT2D eigenvalue weighted by Gasteiger charge is -2.32. The summed E-state index contributed by atoms with van der Waals surface area (Å²) < 4.78 is 10.9. The van der Waals surface area contributed by atoms with Crippen LogP contribution in [0.5, 0.6) is 5.75 Å². The number of methoxy groups -OCH3 is 1. The highest BCUT2D eigenvalue weighted by Gasteiger charge is 2.25. The van der Waals surface area contributed by atoms with Crippen LogP contribution < -0.4 is 15.4 Å². The van der Waals surface area contributed by atoms with E-state index in [4.69, 9.17) is 9.47 Å². The topological polar surface area (TPSA) is 42.5 Å². The molecule has 1 fully saturated rings. The van der Waals surface area contributed by atoms with Crippen molar-refractivity contribution in [1.82, 2.24) is 10.6 Å². The zero-order valence-corrected chi connectivity index (χ0v) is 10.4. The minimum absolute atomic E-state index is 0.200. The van der Waals surface area contributed by atoms with Gasteiger partial charge in [0.25, 0.3) is 0 Å². The highest BCUT2D eigenvalue weighted by atomic mass is 16.5. The average molecular weight is 236 g/mol. The van der Waals surface area contributed by atoms with E-state index in [0.29, 0.717) is 0 Å². The molecule has 1 aromatic carbocycles. The van der Waals surface area contributed by atoms with E-state index in [9.17, 15) is 0 Å². The number of hydrogen-bond donors (Lipinski definition) is 2. The molecule has 4 heteroatoms. The van der Waals surface area contributed by atoms with Gasteiger partial charge in [0.1, 0.15) is 5.75 Å². The lowest BCUT2D eigenvalue weighted by atomic mass is 9.98. The Balaban J connectivity index is 2.21. The average Bonchev–Trinajstić information content (AvgIpc) is 2.41. The molecule has 0 saturated carbocycles. The van der Waals surface area contributed by atoms with Gasteiger partial charge in [-0.05, 0) is 13.1 Å². The standard InChI is InChI=1S/C13H20N2O2/c1-14-13(11-9-17-8-7-15-11)10-5-3-4-6-12(10)16-2/h3-6,11,13-15H,7-9H2,1-2H3. The van der Waals surface area contributed by atoms with Gasteiger partial charge in [0.2, 0.25) is 0 Å². The maximum Gasteiger partial charge on any atom is 0.123 e. The molecule has 1 aliphatic rings. The molecule has 1 aliphatic heterocycles. The minimum atomic E-state index is 0.200. The van der Waals surface area contributed by atoms with Crippen LogP contribution in [0, 0.1) is 0 Å². The van der Waals surface area contributed by atoms with E-state index >= 15 is 0 Å². The van der Waals surface area contributed by atoms with Gasteiger partial charge in [-0.1, -0.05) is 18.2 Å². The molecule has 2 N–H and O–H groups in total. The van der Waals surface area contributed by atoms with Crippen LogP contribution in [0.15, 0.2) is 24.3 Å². The van der Waals surface area contributed by atoms with Crippen LogP contribution >= 0.6 is 0 Å². The number of para-hydroxylation sites is 1. The molecule has 0 aromatic heterocycles. The fraction of sp³-hybridized carbons (Fsp3) is 0.538. The predicted molar refractivity (Wildman–Crippen MR) is 67.4 cm³/mol. The largest absolute Gasteiger partial charge is 0.496 e. The normalized spacial score (nSPS) is 22.1. The number of ether oxygens (including phenoxy) is 2. The molecule has 1 heterocycles. The van der Waals surface area contributed by atoms with Crippen LogP contribution in [-0.4, -0.2) is 40.0 Å². The molecule has 94 valence electrons. The first-order chi connectivity index (χ1) is 8.36. The third-order valence-corrected chi connectivity index (χ3v) is 3.14. The summed E-state index contributed by atoms with van der Waals surface area (Å²) in [6.45, 7) is 2.42. The molecule has 0 aliphatic carbocycles. The van der Waals surface area contributed by atoms with E-state index < -0.39 is 0 Å². The van der Waals surface area contributed by atoms with Crippen LogP contribution in [0.25, 0.3) is 0 Å². The van der Waals surface area contributed by atoms with Gasteiger partial charge in [-0.25, -0.2) is 0 Å². The zero-order chi connectivity index (χ0) is 12.1. The van der Waals surface area contributed by atoms with Crippen molar-refractivity contribution in [3.63, 3.8) is 0 Å². The predicted octanol–water partition coefficient (Wildman–Crippen LogP) is 0.944. The fourth-order valence-corrected chi connectivity index (χ4v) is 2.30. The van der Waals surface area contributed by atoms with Gasteiger partial charge < -0.3 is 20.1 Å². The van der Waals surface area contributed by atoms with E-state index in [1.54, 1.807) is 7.11 Å². The second-order valence-electron chi connectivity index (χ2n) is 4.14. The highest BCUT2D eigenvalue weighted by Crippen LogP contribution is 2.27. The third-order valence-electron chi connectivity index (χ3n) is 3.14.